The molecule has 0 saturated carbocycles. The van der Waals surface area contributed by atoms with Gasteiger partial charge in [-0.3, -0.25) is 9.59 Å². The number of rotatable bonds is 3. The highest BCUT2D eigenvalue weighted by Gasteiger charge is 2.09. The molecule has 22 heavy (non-hydrogen) atoms. The lowest BCUT2D eigenvalue weighted by Crippen LogP contribution is -2.13. The quantitative estimate of drug-likeness (QED) is 0.913. The fourth-order valence-electron chi connectivity index (χ4n) is 1.79. The summed E-state index contributed by atoms with van der Waals surface area (Å²) < 4.78 is 13.5. The predicted molar refractivity (Wildman–Crippen MR) is 79.8 cm³/mol. The van der Waals surface area contributed by atoms with Crippen molar-refractivity contribution in [3.8, 4) is 6.07 Å². The van der Waals surface area contributed by atoms with E-state index in [1.807, 2.05) is 6.07 Å². The number of hydrogen-bond donors (Lipinski definition) is 2. The van der Waals surface area contributed by atoms with E-state index in [1.54, 1.807) is 0 Å². The Labute approximate surface area is 126 Å². The molecule has 110 valence electrons. The number of carbonyl (C=O) groups is 2. The second-order valence-corrected chi connectivity index (χ2v) is 4.52. The zero-order chi connectivity index (χ0) is 16.1. The monoisotopic (exact) mass is 297 g/mol. The van der Waals surface area contributed by atoms with E-state index in [2.05, 4.69) is 10.6 Å². The lowest BCUT2D eigenvalue weighted by Gasteiger charge is -2.09. The summed E-state index contributed by atoms with van der Waals surface area (Å²) in [6.45, 7) is 1.27. The summed E-state index contributed by atoms with van der Waals surface area (Å²) in [6.07, 6.45) is 0. The van der Waals surface area contributed by atoms with Crippen molar-refractivity contribution in [1.29, 1.82) is 5.26 Å². The molecular formula is C16H12FN3O2. The Hall–Kier alpha value is -3.20. The number of amides is 2. The maximum atomic E-state index is 13.5. The van der Waals surface area contributed by atoms with Crippen LogP contribution in [0.2, 0.25) is 0 Å². The highest BCUT2D eigenvalue weighted by molar-refractivity contribution is 6.04. The van der Waals surface area contributed by atoms with Gasteiger partial charge in [0.2, 0.25) is 5.91 Å². The zero-order valence-electron chi connectivity index (χ0n) is 11.7. The molecule has 0 bridgehead atoms. The SMILES string of the molecule is CC(=O)Nc1cc(NC(=O)c2ccc(C#N)cc2)ccc1F. The molecule has 0 heterocycles. The van der Waals surface area contributed by atoms with Crippen molar-refractivity contribution in [2.24, 2.45) is 0 Å². The van der Waals surface area contributed by atoms with E-state index in [0.717, 1.165) is 6.07 Å². The highest BCUT2D eigenvalue weighted by Crippen LogP contribution is 2.20. The smallest absolute Gasteiger partial charge is 0.255 e. The molecule has 2 aromatic rings. The molecule has 0 radical (unpaired) electrons. The number of anilines is 2. The van der Waals surface area contributed by atoms with E-state index in [4.69, 9.17) is 5.26 Å². The van der Waals surface area contributed by atoms with E-state index < -0.39 is 17.6 Å². The Morgan fingerprint density at radius 3 is 2.36 bits per heavy atom. The first-order valence-electron chi connectivity index (χ1n) is 6.38. The summed E-state index contributed by atoms with van der Waals surface area (Å²) in [5, 5.41) is 13.6. The third-order valence-electron chi connectivity index (χ3n) is 2.81. The van der Waals surface area contributed by atoms with Gasteiger partial charge in [-0.25, -0.2) is 4.39 Å². The molecule has 0 saturated heterocycles. The van der Waals surface area contributed by atoms with Gasteiger partial charge in [0.1, 0.15) is 5.82 Å². The molecule has 2 amide bonds. The van der Waals surface area contributed by atoms with Crippen LogP contribution in [-0.4, -0.2) is 11.8 Å². The molecule has 0 spiro atoms. The third kappa shape index (κ3) is 3.67. The van der Waals surface area contributed by atoms with Crippen molar-refractivity contribution < 1.29 is 14.0 Å². The van der Waals surface area contributed by atoms with Crippen molar-refractivity contribution >= 4 is 23.2 Å². The van der Waals surface area contributed by atoms with E-state index in [0.29, 0.717) is 16.8 Å². The number of hydrogen-bond acceptors (Lipinski definition) is 3. The summed E-state index contributed by atoms with van der Waals surface area (Å²) in [6, 6.07) is 11.9. The average Bonchev–Trinajstić information content (AvgIpc) is 2.50. The first-order chi connectivity index (χ1) is 10.5. The fourth-order valence-corrected chi connectivity index (χ4v) is 1.79. The first-order valence-corrected chi connectivity index (χ1v) is 6.38. The molecule has 6 heteroatoms. The Morgan fingerprint density at radius 2 is 1.77 bits per heavy atom. The van der Waals surface area contributed by atoms with Crippen LogP contribution < -0.4 is 10.6 Å². The molecule has 5 nitrogen and oxygen atoms in total. The molecule has 0 aromatic heterocycles. The molecule has 2 rings (SSSR count). The number of nitriles is 1. The highest BCUT2D eigenvalue weighted by atomic mass is 19.1. The Morgan fingerprint density at radius 1 is 1.09 bits per heavy atom. The average molecular weight is 297 g/mol. The van der Waals surface area contributed by atoms with E-state index in [9.17, 15) is 14.0 Å². The van der Waals surface area contributed by atoms with Crippen LogP contribution >= 0.6 is 0 Å². The lowest BCUT2D eigenvalue weighted by molar-refractivity contribution is -0.114. The standard InChI is InChI=1S/C16H12FN3O2/c1-10(21)19-15-8-13(6-7-14(15)17)20-16(22)12-4-2-11(9-18)3-5-12/h2-8H,1H3,(H,19,21)(H,20,22). The summed E-state index contributed by atoms with van der Waals surface area (Å²) in [7, 11) is 0. The van der Waals surface area contributed by atoms with Gasteiger partial charge < -0.3 is 10.6 Å². The van der Waals surface area contributed by atoms with E-state index in [-0.39, 0.29) is 5.69 Å². The maximum Gasteiger partial charge on any atom is 0.255 e. The van der Waals surface area contributed by atoms with Crippen LogP contribution in [0.3, 0.4) is 0 Å². The minimum absolute atomic E-state index is 0.00914. The van der Waals surface area contributed by atoms with Gasteiger partial charge >= 0.3 is 0 Å². The van der Waals surface area contributed by atoms with E-state index in [1.165, 1.54) is 43.3 Å². The zero-order valence-corrected chi connectivity index (χ0v) is 11.7. The van der Waals surface area contributed by atoms with Crippen LogP contribution in [0.1, 0.15) is 22.8 Å². The normalized spacial score (nSPS) is 9.68. The van der Waals surface area contributed by atoms with Crippen molar-refractivity contribution in [1.82, 2.24) is 0 Å². The van der Waals surface area contributed by atoms with Crippen LogP contribution in [0.4, 0.5) is 15.8 Å². The number of benzene rings is 2. The summed E-state index contributed by atoms with van der Waals surface area (Å²) >= 11 is 0. The number of nitrogens with one attached hydrogen (secondary N) is 2. The van der Waals surface area contributed by atoms with Crippen LogP contribution in [0.15, 0.2) is 42.5 Å². The van der Waals surface area contributed by atoms with Gasteiger partial charge in [-0.05, 0) is 42.5 Å². The Balaban J connectivity index is 2.17. The van der Waals surface area contributed by atoms with Gasteiger partial charge in [0.15, 0.2) is 0 Å². The minimum atomic E-state index is -0.591. The number of nitrogens with zero attached hydrogens (tertiary/aromatic N) is 1. The van der Waals surface area contributed by atoms with Crippen molar-refractivity contribution in [3.63, 3.8) is 0 Å². The van der Waals surface area contributed by atoms with Crippen LogP contribution in [0, 0.1) is 17.1 Å². The molecule has 0 fully saturated rings. The lowest BCUT2D eigenvalue weighted by atomic mass is 10.1. The summed E-state index contributed by atoms with van der Waals surface area (Å²) in [5.41, 5.74) is 1.15. The fraction of sp³-hybridized carbons (Fsp3) is 0.0625. The molecule has 0 aliphatic heterocycles. The summed E-state index contributed by atoms with van der Waals surface area (Å²) in [5.74, 6) is -1.40. The van der Waals surface area contributed by atoms with Gasteiger partial charge in [0.05, 0.1) is 17.3 Å². The minimum Gasteiger partial charge on any atom is -0.324 e. The van der Waals surface area contributed by atoms with E-state index >= 15 is 0 Å². The topological polar surface area (TPSA) is 82.0 Å². The van der Waals surface area contributed by atoms with Crippen LogP contribution in [0.5, 0.6) is 0 Å². The third-order valence-corrected chi connectivity index (χ3v) is 2.81. The van der Waals surface area contributed by atoms with Crippen LogP contribution in [-0.2, 0) is 4.79 Å². The first kappa shape index (κ1) is 15.2. The van der Waals surface area contributed by atoms with Gasteiger partial charge in [0.25, 0.3) is 5.91 Å². The number of carbonyl (C=O) groups excluding carboxylic acids is 2. The predicted octanol–water partition coefficient (Wildman–Crippen LogP) is 2.91. The van der Waals surface area contributed by atoms with Crippen molar-refractivity contribution in [2.45, 2.75) is 6.92 Å². The van der Waals surface area contributed by atoms with Gasteiger partial charge in [-0.2, -0.15) is 5.26 Å². The largest absolute Gasteiger partial charge is 0.324 e. The van der Waals surface area contributed by atoms with Gasteiger partial charge in [-0.15, -0.1) is 0 Å². The second kappa shape index (κ2) is 6.50. The summed E-state index contributed by atoms with van der Waals surface area (Å²) in [4.78, 5) is 23.0. The molecule has 0 unspecified atom stereocenters. The molecular weight excluding hydrogens is 285 g/mol. The van der Waals surface area contributed by atoms with Crippen molar-refractivity contribution in [3.05, 3.63) is 59.4 Å². The molecule has 2 aromatic carbocycles. The Bertz CT molecular complexity index is 764. The maximum absolute atomic E-state index is 13.5. The van der Waals surface area contributed by atoms with Crippen LogP contribution in [0.25, 0.3) is 0 Å². The molecule has 0 aliphatic rings. The van der Waals surface area contributed by atoms with Gasteiger partial charge in [-0.1, -0.05) is 0 Å². The molecule has 2 N–H and O–H groups in total. The second-order valence-electron chi connectivity index (χ2n) is 4.52. The van der Waals surface area contributed by atoms with Gasteiger partial charge in [0, 0.05) is 18.2 Å². The van der Waals surface area contributed by atoms with Crippen molar-refractivity contribution in [2.75, 3.05) is 10.6 Å². The Kier molecular flexibility index (Phi) is 4.49. The molecule has 0 atom stereocenters. The number of halogens is 1. The molecule has 0 aliphatic carbocycles.